The first-order chi connectivity index (χ1) is 6.18. The maximum Gasteiger partial charge on any atom is 0.168 e. The Labute approximate surface area is 75.3 Å². The third kappa shape index (κ3) is 1.39. The number of hydrogen-bond acceptors (Lipinski definition) is 1. The second-order valence-corrected chi connectivity index (χ2v) is 3.34. The van der Waals surface area contributed by atoms with E-state index >= 15 is 0 Å². The van der Waals surface area contributed by atoms with Gasteiger partial charge in [0.25, 0.3) is 0 Å². The second kappa shape index (κ2) is 2.98. The van der Waals surface area contributed by atoms with Gasteiger partial charge in [0.1, 0.15) is 5.82 Å². The molecule has 1 heterocycles. The van der Waals surface area contributed by atoms with Crippen LogP contribution in [-0.4, -0.2) is 6.61 Å². The number of fused-ring (bicyclic) bond motifs is 1. The van der Waals surface area contributed by atoms with Crippen LogP contribution in [0.1, 0.15) is 24.8 Å². The topological polar surface area (TPSA) is 9.23 Å². The summed E-state index contributed by atoms with van der Waals surface area (Å²) in [4.78, 5) is 0. The molecule has 1 aromatic rings. The Balaban J connectivity index is 2.56. The second-order valence-electron chi connectivity index (χ2n) is 3.34. The summed E-state index contributed by atoms with van der Waals surface area (Å²) in [6.45, 7) is 2.46. The van der Waals surface area contributed by atoms with E-state index in [9.17, 15) is 8.78 Å². The Morgan fingerprint density at radius 2 is 2.15 bits per heavy atom. The summed E-state index contributed by atoms with van der Waals surface area (Å²) in [6.07, 6.45) is 0.815. The zero-order valence-electron chi connectivity index (χ0n) is 7.31. The molecule has 0 N–H and O–H groups in total. The molecule has 13 heavy (non-hydrogen) atoms. The largest absolute Gasteiger partial charge is 0.490 e. The van der Waals surface area contributed by atoms with Crippen LogP contribution in [0.25, 0.3) is 0 Å². The minimum atomic E-state index is -0.596. The van der Waals surface area contributed by atoms with E-state index in [1.165, 1.54) is 6.07 Å². The van der Waals surface area contributed by atoms with Crippen LogP contribution in [0.5, 0.6) is 5.75 Å². The standard InChI is InChI=1S/C10H10F2O/c1-6-2-3-13-10-8(6)4-7(11)5-9(10)12/h4-6H,2-3H2,1H3. The fourth-order valence-electron chi connectivity index (χ4n) is 1.59. The molecule has 0 bridgehead atoms. The lowest BCUT2D eigenvalue weighted by molar-refractivity contribution is 0.257. The van der Waals surface area contributed by atoms with E-state index in [0.717, 1.165) is 12.5 Å². The normalized spacial score (nSPS) is 20.7. The lowest BCUT2D eigenvalue weighted by Crippen LogP contribution is -2.13. The maximum absolute atomic E-state index is 13.1. The fraction of sp³-hybridized carbons (Fsp3) is 0.400. The predicted molar refractivity (Wildman–Crippen MR) is 44.9 cm³/mol. The van der Waals surface area contributed by atoms with E-state index in [1.807, 2.05) is 6.92 Å². The molecule has 70 valence electrons. The van der Waals surface area contributed by atoms with E-state index in [2.05, 4.69) is 0 Å². The van der Waals surface area contributed by atoms with Gasteiger partial charge in [-0.3, -0.25) is 0 Å². The number of rotatable bonds is 0. The van der Waals surface area contributed by atoms with Gasteiger partial charge in [-0.1, -0.05) is 6.92 Å². The minimum Gasteiger partial charge on any atom is -0.490 e. The van der Waals surface area contributed by atoms with E-state index in [1.54, 1.807) is 0 Å². The monoisotopic (exact) mass is 184 g/mol. The van der Waals surface area contributed by atoms with Crippen molar-refractivity contribution in [2.75, 3.05) is 6.61 Å². The van der Waals surface area contributed by atoms with Crippen molar-refractivity contribution in [2.45, 2.75) is 19.3 Å². The lowest BCUT2D eigenvalue weighted by atomic mass is 9.95. The maximum atomic E-state index is 13.1. The van der Waals surface area contributed by atoms with Crippen LogP contribution in [0.15, 0.2) is 12.1 Å². The van der Waals surface area contributed by atoms with Gasteiger partial charge in [0.05, 0.1) is 6.61 Å². The molecule has 1 nitrogen and oxygen atoms in total. The Bertz CT molecular complexity index is 336. The van der Waals surface area contributed by atoms with E-state index in [0.29, 0.717) is 12.2 Å². The van der Waals surface area contributed by atoms with Crippen LogP contribution in [0.3, 0.4) is 0 Å². The summed E-state index contributed by atoms with van der Waals surface area (Å²) in [7, 11) is 0. The van der Waals surface area contributed by atoms with Gasteiger partial charge in [-0.05, 0) is 18.4 Å². The summed E-state index contributed by atoms with van der Waals surface area (Å²) < 4.78 is 31.1. The van der Waals surface area contributed by atoms with E-state index in [4.69, 9.17) is 4.74 Å². The third-order valence-corrected chi connectivity index (χ3v) is 2.37. The summed E-state index contributed by atoms with van der Waals surface area (Å²) in [6, 6.07) is 2.21. The zero-order chi connectivity index (χ0) is 9.42. The van der Waals surface area contributed by atoms with E-state index < -0.39 is 11.6 Å². The molecule has 1 aliphatic rings. The van der Waals surface area contributed by atoms with Gasteiger partial charge in [0.15, 0.2) is 11.6 Å². The molecule has 0 spiro atoms. The molecular weight excluding hydrogens is 174 g/mol. The molecule has 2 rings (SSSR count). The first kappa shape index (κ1) is 8.48. The van der Waals surface area contributed by atoms with Crippen molar-refractivity contribution in [1.29, 1.82) is 0 Å². The molecule has 1 unspecified atom stereocenters. The smallest absolute Gasteiger partial charge is 0.168 e. The Kier molecular flexibility index (Phi) is 1.94. The summed E-state index contributed by atoms with van der Waals surface area (Å²) in [5.41, 5.74) is 0.642. The van der Waals surface area contributed by atoms with Crippen molar-refractivity contribution < 1.29 is 13.5 Å². The number of ether oxygens (including phenoxy) is 1. The van der Waals surface area contributed by atoms with E-state index in [-0.39, 0.29) is 11.7 Å². The molecule has 0 saturated heterocycles. The quantitative estimate of drug-likeness (QED) is 0.602. The first-order valence-electron chi connectivity index (χ1n) is 4.30. The Morgan fingerprint density at radius 1 is 1.38 bits per heavy atom. The molecule has 0 amide bonds. The van der Waals surface area contributed by atoms with Crippen LogP contribution >= 0.6 is 0 Å². The highest BCUT2D eigenvalue weighted by molar-refractivity contribution is 5.39. The summed E-state index contributed by atoms with van der Waals surface area (Å²) in [5.74, 6) is -0.732. The highest BCUT2D eigenvalue weighted by Crippen LogP contribution is 2.35. The average Bonchev–Trinajstić information content (AvgIpc) is 2.07. The average molecular weight is 184 g/mol. The highest BCUT2D eigenvalue weighted by Gasteiger charge is 2.21. The molecule has 0 aromatic heterocycles. The van der Waals surface area contributed by atoms with Gasteiger partial charge in [-0.15, -0.1) is 0 Å². The number of benzene rings is 1. The number of hydrogen-bond donors (Lipinski definition) is 0. The van der Waals surface area contributed by atoms with Crippen molar-refractivity contribution in [3.8, 4) is 5.75 Å². The molecule has 0 aliphatic carbocycles. The van der Waals surface area contributed by atoms with Gasteiger partial charge in [-0.25, -0.2) is 8.78 Å². The minimum absolute atomic E-state index is 0.175. The van der Waals surface area contributed by atoms with Crippen LogP contribution < -0.4 is 4.74 Å². The van der Waals surface area contributed by atoms with Crippen molar-refractivity contribution in [3.05, 3.63) is 29.3 Å². The van der Waals surface area contributed by atoms with Gasteiger partial charge >= 0.3 is 0 Å². The molecular formula is C10H10F2O. The molecule has 3 heteroatoms. The molecule has 1 aliphatic heterocycles. The van der Waals surface area contributed by atoms with Crippen LogP contribution in [-0.2, 0) is 0 Å². The first-order valence-corrected chi connectivity index (χ1v) is 4.30. The molecule has 0 fully saturated rings. The van der Waals surface area contributed by atoms with Crippen LogP contribution in [0.4, 0.5) is 8.78 Å². The highest BCUT2D eigenvalue weighted by atomic mass is 19.1. The lowest BCUT2D eigenvalue weighted by Gasteiger charge is -2.23. The summed E-state index contributed by atoms with van der Waals surface area (Å²) >= 11 is 0. The Morgan fingerprint density at radius 3 is 2.92 bits per heavy atom. The zero-order valence-corrected chi connectivity index (χ0v) is 7.31. The molecule has 0 saturated carbocycles. The van der Waals surface area contributed by atoms with Crippen LogP contribution in [0.2, 0.25) is 0 Å². The number of halogens is 2. The van der Waals surface area contributed by atoms with Crippen LogP contribution in [0, 0.1) is 11.6 Å². The SMILES string of the molecule is CC1CCOc2c(F)cc(F)cc21. The molecule has 1 aromatic carbocycles. The van der Waals surface area contributed by atoms with Gasteiger partial charge in [0, 0.05) is 11.6 Å². The fourth-order valence-corrected chi connectivity index (χ4v) is 1.59. The van der Waals surface area contributed by atoms with Gasteiger partial charge in [0.2, 0.25) is 0 Å². The Hall–Kier alpha value is -1.12. The predicted octanol–water partition coefficient (Wildman–Crippen LogP) is 2.85. The van der Waals surface area contributed by atoms with Crippen molar-refractivity contribution in [2.24, 2.45) is 0 Å². The molecule has 0 radical (unpaired) electrons. The van der Waals surface area contributed by atoms with Crippen molar-refractivity contribution in [1.82, 2.24) is 0 Å². The molecule has 1 atom stereocenters. The van der Waals surface area contributed by atoms with Crippen molar-refractivity contribution >= 4 is 0 Å². The third-order valence-electron chi connectivity index (χ3n) is 2.37. The van der Waals surface area contributed by atoms with Crippen molar-refractivity contribution in [3.63, 3.8) is 0 Å². The van der Waals surface area contributed by atoms with Gasteiger partial charge in [-0.2, -0.15) is 0 Å². The van der Waals surface area contributed by atoms with Gasteiger partial charge < -0.3 is 4.74 Å². The summed E-state index contributed by atoms with van der Waals surface area (Å²) in [5, 5.41) is 0.